The van der Waals surface area contributed by atoms with Crippen LogP contribution in [-0.2, 0) is 9.47 Å². The van der Waals surface area contributed by atoms with Gasteiger partial charge in [-0.1, -0.05) is 13.8 Å². The minimum Gasteiger partial charge on any atom is -0.508 e. The molecule has 2 unspecified atom stereocenters. The van der Waals surface area contributed by atoms with Crippen LogP contribution in [0.5, 0.6) is 23.0 Å². The Labute approximate surface area is 181 Å². The summed E-state index contributed by atoms with van der Waals surface area (Å²) in [7, 11) is 2.34. The van der Waals surface area contributed by atoms with Crippen LogP contribution in [0.3, 0.4) is 0 Å². The molecule has 0 aliphatic carbocycles. The molecular formula is C20H22O8S2. The highest BCUT2D eigenvalue weighted by molar-refractivity contribution is 8.77. The lowest BCUT2D eigenvalue weighted by Crippen LogP contribution is -2.17. The summed E-state index contributed by atoms with van der Waals surface area (Å²) in [4.78, 5) is 24.6. The number of benzene rings is 2. The lowest BCUT2D eigenvalue weighted by molar-refractivity contribution is 0.0437. The molecule has 30 heavy (non-hydrogen) atoms. The molecule has 0 amide bonds. The highest BCUT2D eigenvalue weighted by atomic mass is 33.1. The Morgan fingerprint density at radius 3 is 1.47 bits per heavy atom. The zero-order chi connectivity index (χ0) is 22.3. The van der Waals surface area contributed by atoms with Gasteiger partial charge in [0.15, 0.2) is 10.9 Å². The van der Waals surface area contributed by atoms with Gasteiger partial charge < -0.3 is 29.9 Å². The molecule has 0 saturated heterocycles. The maximum atomic E-state index is 12.3. The Bertz CT molecular complexity index is 829. The topological polar surface area (TPSA) is 134 Å². The maximum Gasteiger partial charge on any atom is 0.343 e. The summed E-state index contributed by atoms with van der Waals surface area (Å²) < 4.78 is 10.7. The molecule has 0 saturated carbocycles. The van der Waals surface area contributed by atoms with E-state index in [9.17, 15) is 30.0 Å². The predicted octanol–water partition coefficient (Wildman–Crippen LogP) is 4.38. The van der Waals surface area contributed by atoms with Crippen molar-refractivity contribution < 1.29 is 39.5 Å². The molecule has 162 valence electrons. The molecule has 8 nitrogen and oxygen atoms in total. The van der Waals surface area contributed by atoms with Gasteiger partial charge in [0.1, 0.15) is 34.1 Å². The van der Waals surface area contributed by atoms with Gasteiger partial charge in [0.2, 0.25) is 0 Å². The van der Waals surface area contributed by atoms with Crippen molar-refractivity contribution in [1.82, 2.24) is 0 Å². The molecule has 0 aliphatic rings. The van der Waals surface area contributed by atoms with Gasteiger partial charge in [0.05, 0.1) is 0 Å². The zero-order valence-corrected chi connectivity index (χ0v) is 17.9. The monoisotopic (exact) mass is 454 g/mol. The molecule has 2 atom stereocenters. The molecule has 0 radical (unpaired) electrons. The highest BCUT2D eigenvalue weighted by Crippen LogP contribution is 2.37. The van der Waals surface area contributed by atoms with E-state index in [1.807, 2.05) is 0 Å². The second-order valence-electron chi connectivity index (χ2n) is 6.08. The lowest BCUT2D eigenvalue weighted by atomic mass is 10.2. The van der Waals surface area contributed by atoms with Gasteiger partial charge in [-0.3, -0.25) is 0 Å². The van der Waals surface area contributed by atoms with Crippen molar-refractivity contribution in [2.24, 2.45) is 0 Å². The molecule has 4 N–H and O–H groups in total. The standard InChI is InChI=1S/C20H22O8S2/c1-3-17(27-19(25)13-9-11(21)5-7-15(13)23)29-30-18(4-2)28-20(26)14-10-12(22)6-8-16(14)24/h5-10,17-18,21-24H,3-4H2,1-2H3. The van der Waals surface area contributed by atoms with Crippen molar-refractivity contribution in [2.45, 2.75) is 37.6 Å². The molecule has 0 spiro atoms. The number of hydrogen-bond acceptors (Lipinski definition) is 10. The van der Waals surface area contributed by atoms with Crippen LogP contribution in [0.2, 0.25) is 0 Å². The molecule has 2 aromatic rings. The zero-order valence-electron chi connectivity index (χ0n) is 16.3. The lowest BCUT2D eigenvalue weighted by Gasteiger charge is -2.20. The largest absolute Gasteiger partial charge is 0.508 e. The molecule has 10 heteroatoms. The van der Waals surface area contributed by atoms with Gasteiger partial charge >= 0.3 is 11.9 Å². The summed E-state index contributed by atoms with van der Waals surface area (Å²) in [5.74, 6) is -2.56. The van der Waals surface area contributed by atoms with Crippen molar-refractivity contribution in [1.29, 1.82) is 0 Å². The number of hydrogen-bond donors (Lipinski definition) is 4. The van der Waals surface area contributed by atoms with Gasteiger partial charge in [-0.25, -0.2) is 9.59 Å². The Hall–Kier alpha value is -2.72. The summed E-state index contributed by atoms with van der Waals surface area (Å²) in [6.07, 6.45) is 0.890. The third-order valence-electron chi connectivity index (χ3n) is 3.81. The quantitative estimate of drug-likeness (QED) is 0.187. The first-order valence-corrected chi connectivity index (χ1v) is 11.3. The van der Waals surface area contributed by atoms with E-state index in [0.717, 1.165) is 12.1 Å². The molecule has 0 aromatic heterocycles. The highest BCUT2D eigenvalue weighted by Gasteiger charge is 2.23. The normalized spacial score (nSPS) is 12.7. The van der Waals surface area contributed by atoms with Crippen molar-refractivity contribution in [3.63, 3.8) is 0 Å². The van der Waals surface area contributed by atoms with Crippen LogP contribution in [-0.4, -0.2) is 43.2 Å². The van der Waals surface area contributed by atoms with E-state index in [4.69, 9.17) is 9.47 Å². The van der Waals surface area contributed by atoms with Crippen LogP contribution in [0.25, 0.3) is 0 Å². The van der Waals surface area contributed by atoms with E-state index in [2.05, 4.69) is 0 Å². The van der Waals surface area contributed by atoms with E-state index >= 15 is 0 Å². The van der Waals surface area contributed by atoms with E-state index in [-0.39, 0.29) is 34.1 Å². The van der Waals surface area contributed by atoms with E-state index in [1.165, 1.54) is 45.9 Å². The first-order valence-electron chi connectivity index (χ1n) is 9.03. The molecule has 2 aromatic carbocycles. The second-order valence-corrected chi connectivity index (χ2v) is 8.67. The Morgan fingerprint density at radius 2 is 1.13 bits per heavy atom. The number of phenols is 4. The minimum absolute atomic E-state index is 0.156. The van der Waals surface area contributed by atoms with E-state index in [1.54, 1.807) is 13.8 Å². The smallest absolute Gasteiger partial charge is 0.343 e. The summed E-state index contributed by atoms with van der Waals surface area (Å²) in [6.45, 7) is 3.59. The molecule has 2 rings (SSSR count). The molecular weight excluding hydrogens is 432 g/mol. The van der Waals surface area contributed by atoms with Crippen LogP contribution in [0, 0.1) is 0 Å². The molecule has 0 bridgehead atoms. The number of carbonyl (C=O) groups excluding carboxylic acids is 2. The second kappa shape index (κ2) is 10.9. The molecule has 0 aliphatic heterocycles. The maximum absolute atomic E-state index is 12.3. The fourth-order valence-corrected chi connectivity index (χ4v) is 4.78. The fraction of sp³-hybridized carbons (Fsp3) is 0.300. The Kier molecular flexibility index (Phi) is 8.55. The molecule has 0 fully saturated rings. The minimum atomic E-state index is -0.793. The number of esters is 2. The number of aromatic hydroxyl groups is 4. The predicted molar refractivity (Wildman–Crippen MR) is 114 cm³/mol. The number of carbonyl (C=O) groups is 2. The van der Waals surface area contributed by atoms with E-state index < -0.39 is 22.8 Å². The summed E-state index contributed by atoms with van der Waals surface area (Å²) in [5.41, 5.74) is -1.52. The van der Waals surface area contributed by atoms with Gasteiger partial charge in [-0.15, -0.1) is 0 Å². The number of phenolic OH excluding ortho intramolecular Hbond substituents is 4. The fourth-order valence-electron chi connectivity index (χ4n) is 2.21. The first-order chi connectivity index (χ1) is 14.2. The third kappa shape index (κ3) is 6.39. The van der Waals surface area contributed by atoms with Crippen LogP contribution in [0.1, 0.15) is 47.4 Å². The van der Waals surface area contributed by atoms with Gasteiger partial charge in [-0.05, 0) is 70.8 Å². The SMILES string of the molecule is CCC(OC(=O)c1cc(O)ccc1O)SSC(CC)OC(=O)c1cc(O)ccc1O. The summed E-state index contributed by atoms with van der Waals surface area (Å²) in [6, 6.07) is 7.11. The van der Waals surface area contributed by atoms with Crippen molar-refractivity contribution in [2.75, 3.05) is 0 Å². The van der Waals surface area contributed by atoms with Gasteiger partial charge in [0.25, 0.3) is 0 Å². The Balaban J connectivity index is 1.96. The van der Waals surface area contributed by atoms with Crippen molar-refractivity contribution >= 4 is 33.5 Å². The van der Waals surface area contributed by atoms with E-state index in [0.29, 0.717) is 12.8 Å². The van der Waals surface area contributed by atoms with Crippen molar-refractivity contribution in [3.05, 3.63) is 47.5 Å². The first kappa shape index (κ1) is 23.6. The number of rotatable bonds is 9. The van der Waals surface area contributed by atoms with Crippen LogP contribution in [0.4, 0.5) is 0 Å². The van der Waals surface area contributed by atoms with Crippen molar-refractivity contribution in [3.8, 4) is 23.0 Å². The summed E-state index contributed by atoms with van der Waals surface area (Å²) in [5, 5.41) is 38.5. The average molecular weight is 455 g/mol. The summed E-state index contributed by atoms with van der Waals surface area (Å²) >= 11 is 0. The van der Waals surface area contributed by atoms with Gasteiger partial charge in [-0.2, -0.15) is 0 Å². The average Bonchev–Trinajstić information content (AvgIpc) is 2.72. The van der Waals surface area contributed by atoms with Crippen LogP contribution in [0.15, 0.2) is 36.4 Å². The third-order valence-corrected chi connectivity index (χ3v) is 6.83. The van der Waals surface area contributed by atoms with Crippen LogP contribution >= 0.6 is 21.6 Å². The van der Waals surface area contributed by atoms with Crippen LogP contribution < -0.4 is 0 Å². The number of ether oxygens (including phenoxy) is 2. The van der Waals surface area contributed by atoms with Gasteiger partial charge in [0, 0.05) is 0 Å². The molecule has 0 heterocycles. The Morgan fingerprint density at radius 1 is 0.767 bits per heavy atom.